The molecule has 2 fully saturated rings. The van der Waals surface area contributed by atoms with Crippen molar-refractivity contribution < 1.29 is 0 Å². The summed E-state index contributed by atoms with van der Waals surface area (Å²) in [5.41, 5.74) is 0. The zero-order chi connectivity index (χ0) is 13.1. The maximum Gasteiger partial charge on any atom is -0.00445 e. The minimum atomic E-state index is 0.810. The third kappa shape index (κ3) is 1.54. The lowest BCUT2D eigenvalue weighted by atomic mass is 9.50. The Hall–Kier alpha value is -1.04. The van der Waals surface area contributed by atoms with Gasteiger partial charge in [-0.1, -0.05) is 48.6 Å². The molecule has 0 radical (unpaired) electrons. The van der Waals surface area contributed by atoms with Crippen LogP contribution in [0.2, 0.25) is 0 Å². The average molecular weight is 264 g/mol. The van der Waals surface area contributed by atoms with E-state index in [2.05, 4.69) is 48.6 Å². The molecule has 0 heterocycles. The summed E-state index contributed by atoms with van der Waals surface area (Å²) in [6.07, 6.45) is 24.7. The Balaban J connectivity index is 0.000000116. The minimum Gasteiger partial charge on any atom is -0.0882 e. The summed E-state index contributed by atoms with van der Waals surface area (Å²) in [7, 11) is 0. The van der Waals surface area contributed by atoms with Crippen LogP contribution < -0.4 is 0 Å². The Morgan fingerprint density at radius 3 is 1.45 bits per heavy atom. The first kappa shape index (κ1) is 11.6. The van der Waals surface area contributed by atoms with Gasteiger partial charge in [0.15, 0.2) is 0 Å². The summed E-state index contributed by atoms with van der Waals surface area (Å²) < 4.78 is 0. The normalized spacial score (nSPS) is 54.4. The fourth-order valence-corrected chi connectivity index (χ4v) is 6.03. The van der Waals surface area contributed by atoms with E-state index in [4.69, 9.17) is 0 Å². The average Bonchev–Trinajstić information content (AvgIpc) is 3.22. The number of hydrogen-bond acceptors (Lipinski definition) is 0. The lowest BCUT2D eigenvalue weighted by Crippen LogP contribution is -2.49. The van der Waals surface area contributed by atoms with Gasteiger partial charge < -0.3 is 0 Å². The molecule has 0 N–H and O–H groups in total. The van der Waals surface area contributed by atoms with Crippen molar-refractivity contribution in [1.82, 2.24) is 0 Å². The predicted octanol–water partition coefficient (Wildman–Crippen LogP) is 4.77. The smallest absolute Gasteiger partial charge is 0.00445 e. The molecule has 2 saturated carbocycles. The summed E-state index contributed by atoms with van der Waals surface area (Å²) in [6.45, 7) is 0. The van der Waals surface area contributed by atoms with Crippen LogP contribution >= 0.6 is 0 Å². The summed E-state index contributed by atoms with van der Waals surface area (Å²) >= 11 is 0. The van der Waals surface area contributed by atoms with E-state index >= 15 is 0 Å². The molecule has 6 rings (SSSR count). The standard InChI is InChI=1S/C13H16.C7H8/c1-2-4-11-10(3-1)12-8-5-6-9(7-8)13(11)12;1-2-7-4-3-6(1)5-7/h1-2,5-6,8-13H,3-4,7H2;1-4,6-7H,5H2. The Morgan fingerprint density at radius 1 is 0.550 bits per heavy atom. The zero-order valence-electron chi connectivity index (χ0n) is 12.1. The van der Waals surface area contributed by atoms with Crippen LogP contribution in [0.1, 0.15) is 25.7 Å². The molecule has 20 heavy (non-hydrogen) atoms. The third-order valence-electron chi connectivity index (χ3n) is 6.86. The highest BCUT2D eigenvalue weighted by atomic mass is 14.6. The second kappa shape index (κ2) is 4.23. The van der Waals surface area contributed by atoms with Gasteiger partial charge in [0, 0.05) is 0 Å². The van der Waals surface area contributed by atoms with Crippen molar-refractivity contribution in [3.8, 4) is 0 Å². The molecule has 0 aliphatic heterocycles. The molecular weight excluding hydrogens is 240 g/mol. The van der Waals surface area contributed by atoms with Crippen molar-refractivity contribution in [2.24, 2.45) is 47.3 Å². The van der Waals surface area contributed by atoms with Crippen LogP contribution in [0.3, 0.4) is 0 Å². The van der Waals surface area contributed by atoms with E-state index in [1.54, 1.807) is 0 Å². The Labute approximate surface area is 122 Å². The molecule has 6 aliphatic carbocycles. The van der Waals surface area contributed by atoms with Crippen molar-refractivity contribution in [3.05, 3.63) is 48.6 Å². The first-order valence-electron chi connectivity index (χ1n) is 8.60. The minimum absolute atomic E-state index is 0.810. The van der Waals surface area contributed by atoms with E-state index in [0.29, 0.717) is 0 Å². The summed E-state index contributed by atoms with van der Waals surface area (Å²) in [6, 6.07) is 0. The first-order chi connectivity index (χ1) is 9.90. The van der Waals surface area contributed by atoms with Crippen LogP contribution in [0.4, 0.5) is 0 Å². The van der Waals surface area contributed by atoms with Gasteiger partial charge in [-0.15, -0.1) is 0 Å². The van der Waals surface area contributed by atoms with Crippen molar-refractivity contribution in [1.29, 1.82) is 0 Å². The largest absolute Gasteiger partial charge is 0.0882 e. The van der Waals surface area contributed by atoms with Gasteiger partial charge in [0.1, 0.15) is 0 Å². The highest BCUT2D eigenvalue weighted by Crippen LogP contribution is 2.66. The number of allylic oxidation sites excluding steroid dienone is 8. The molecule has 6 atom stereocenters. The van der Waals surface area contributed by atoms with Gasteiger partial charge in [-0.2, -0.15) is 0 Å². The lowest BCUT2D eigenvalue weighted by molar-refractivity contribution is -0.0311. The van der Waals surface area contributed by atoms with E-state index in [9.17, 15) is 0 Å². The van der Waals surface area contributed by atoms with Crippen LogP contribution in [0, 0.1) is 47.3 Å². The van der Waals surface area contributed by atoms with Crippen LogP contribution in [-0.4, -0.2) is 0 Å². The molecule has 0 nitrogen and oxygen atoms in total. The van der Waals surface area contributed by atoms with Crippen molar-refractivity contribution >= 4 is 0 Å². The van der Waals surface area contributed by atoms with Crippen LogP contribution in [0.25, 0.3) is 0 Å². The van der Waals surface area contributed by atoms with Crippen LogP contribution in [0.5, 0.6) is 0 Å². The molecule has 0 aromatic heterocycles. The van der Waals surface area contributed by atoms with Crippen molar-refractivity contribution in [3.63, 3.8) is 0 Å². The van der Waals surface area contributed by atoms with E-state index in [0.717, 1.165) is 47.3 Å². The van der Waals surface area contributed by atoms with E-state index in [-0.39, 0.29) is 0 Å². The van der Waals surface area contributed by atoms with Gasteiger partial charge in [-0.05, 0) is 73.0 Å². The molecule has 0 heteroatoms. The summed E-state index contributed by atoms with van der Waals surface area (Å²) in [5.74, 6) is 7.96. The summed E-state index contributed by atoms with van der Waals surface area (Å²) in [4.78, 5) is 0. The van der Waals surface area contributed by atoms with Crippen molar-refractivity contribution in [2.45, 2.75) is 25.7 Å². The maximum atomic E-state index is 2.51. The maximum absolute atomic E-state index is 2.51. The van der Waals surface area contributed by atoms with Gasteiger partial charge in [0.25, 0.3) is 0 Å². The van der Waals surface area contributed by atoms with Crippen molar-refractivity contribution in [2.75, 3.05) is 0 Å². The van der Waals surface area contributed by atoms with Gasteiger partial charge >= 0.3 is 0 Å². The monoisotopic (exact) mass is 264 g/mol. The predicted molar refractivity (Wildman–Crippen MR) is 82.9 cm³/mol. The molecule has 0 amide bonds. The quantitative estimate of drug-likeness (QED) is 0.553. The molecule has 104 valence electrons. The van der Waals surface area contributed by atoms with Gasteiger partial charge in [-0.25, -0.2) is 0 Å². The topological polar surface area (TPSA) is 0 Å². The number of fused-ring (bicyclic) bond motifs is 10. The Kier molecular flexibility index (Phi) is 2.45. The molecule has 0 aromatic rings. The van der Waals surface area contributed by atoms with E-state index in [1.165, 1.54) is 25.7 Å². The lowest BCUT2D eigenvalue weighted by Gasteiger charge is -2.54. The SMILES string of the molecule is C1=CC2C=CC1C2.C1=CCC2C(C1)C1C3C=CC(C3)C21. The second-order valence-electron chi connectivity index (χ2n) is 7.71. The fraction of sp³-hybridized carbons (Fsp3) is 0.600. The van der Waals surface area contributed by atoms with Gasteiger partial charge in [-0.3, -0.25) is 0 Å². The molecular formula is C20H24. The Bertz CT molecular complexity index is 464. The fourth-order valence-electron chi connectivity index (χ4n) is 6.03. The second-order valence-corrected chi connectivity index (χ2v) is 7.71. The molecule has 4 bridgehead atoms. The third-order valence-corrected chi connectivity index (χ3v) is 6.86. The number of hydrogen-bond donors (Lipinski definition) is 0. The zero-order valence-corrected chi connectivity index (χ0v) is 12.1. The molecule has 0 spiro atoms. The van der Waals surface area contributed by atoms with Gasteiger partial charge in [0.2, 0.25) is 0 Å². The van der Waals surface area contributed by atoms with E-state index < -0.39 is 0 Å². The molecule has 6 aliphatic rings. The molecule has 6 unspecified atom stereocenters. The molecule has 0 aromatic carbocycles. The first-order valence-corrected chi connectivity index (χ1v) is 8.60. The summed E-state index contributed by atoms with van der Waals surface area (Å²) in [5, 5.41) is 0. The molecule has 0 saturated heterocycles. The van der Waals surface area contributed by atoms with E-state index in [1.807, 2.05) is 0 Å². The van der Waals surface area contributed by atoms with Crippen LogP contribution in [-0.2, 0) is 0 Å². The highest BCUT2D eigenvalue weighted by molar-refractivity contribution is 5.23. The van der Waals surface area contributed by atoms with Crippen LogP contribution in [0.15, 0.2) is 48.6 Å². The van der Waals surface area contributed by atoms with Gasteiger partial charge in [0.05, 0.1) is 0 Å². The number of rotatable bonds is 0. The Morgan fingerprint density at radius 2 is 1.05 bits per heavy atom. The highest BCUT2D eigenvalue weighted by Gasteiger charge is 2.60.